The van der Waals surface area contributed by atoms with Gasteiger partial charge in [-0.05, 0) is 29.7 Å². The van der Waals surface area contributed by atoms with Gasteiger partial charge in [-0.15, -0.1) is 0 Å². The zero-order valence-corrected chi connectivity index (χ0v) is 15.7. The largest absolute Gasteiger partial charge is 0.508 e. The molecule has 5 nitrogen and oxygen atoms in total. The van der Waals surface area contributed by atoms with Crippen LogP contribution in [-0.4, -0.2) is 45.9 Å². The van der Waals surface area contributed by atoms with E-state index in [4.69, 9.17) is 0 Å². The Balaban J connectivity index is 1.71. The molecule has 0 bridgehead atoms. The predicted octanol–water partition coefficient (Wildman–Crippen LogP) is 2.97. The Morgan fingerprint density at radius 2 is 1.85 bits per heavy atom. The lowest BCUT2D eigenvalue weighted by atomic mass is 10.1. The van der Waals surface area contributed by atoms with Crippen LogP contribution in [-0.2, 0) is 22.6 Å². The van der Waals surface area contributed by atoms with Gasteiger partial charge in [0.1, 0.15) is 5.75 Å². The van der Waals surface area contributed by atoms with Crippen molar-refractivity contribution in [3.8, 4) is 5.75 Å². The zero-order chi connectivity index (χ0) is 19.2. The first kappa shape index (κ1) is 19.0. The molecular weight excluding hydrogens is 340 g/mol. The van der Waals surface area contributed by atoms with Gasteiger partial charge in [0, 0.05) is 32.1 Å². The summed E-state index contributed by atoms with van der Waals surface area (Å²) < 4.78 is 0. The first-order valence-corrected chi connectivity index (χ1v) is 9.46. The lowest BCUT2D eigenvalue weighted by molar-refractivity contribution is -0.133. The van der Waals surface area contributed by atoms with Crippen molar-refractivity contribution in [1.82, 2.24) is 9.80 Å². The van der Waals surface area contributed by atoms with Gasteiger partial charge >= 0.3 is 0 Å². The van der Waals surface area contributed by atoms with Crippen molar-refractivity contribution < 1.29 is 14.7 Å². The average molecular weight is 366 g/mol. The highest BCUT2D eigenvalue weighted by molar-refractivity contribution is 5.82. The Morgan fingerprint density at radius 3 is 2.56 bits per heavy atom. The number of phenols is 1. The third-order valence-corrected chi connectivity index (χ3v) is 5.07. The molecule has 142 valence electrons. The molecular formula is C22H26N2O3. The summed E-state index contributed by atoms with van der Waals surface area (Å²) >= 11 is 0. The molecule has 1 fully saturated rings. The van der Waals surface area contributed by atoms with Gasteiger partial charge in [0.15, 0.2) is 0 Å². The van der Waals surface area contributed by atoms with Gasteiger partial charge in [-0.1, -0.05) is 49.4 Å². The molecule has 5 heteroatoms. The molecule has 1 saturated heterocycles. The number of amides is 2. The molecule has 1 N–H and O–H groups in total. The quantitative estimate of drug-likeness (QED) is 0.885. The Labute approximate surface area is 160 Å². The molecule has 27 heavy (non-hydrogen) atoms. The molecule has 2 aromatic carbocycles. The number of nitrogens with zero attached hydrogens (tertiary/aromatic N) is 2. The van der Waals surface area contributed by atoms with Gasteiger partial charge in [-0.25, -0.2) is 0 Å². The van der Waals surface area contributed by atoms with E-state index in [0.717, 1.165) is 17.5 Å². The molecule has 3 rings (SSSR count). The second-order valence-electron chi connectivity index (χ2n) is 7.01. The van der Waals surface area contributed by atoms with E-state index in [1.54, 1.807) is 23.1 Å². The van der Waals surface area contributed by atoms with E-state index >= 15 is 0 Å². The van der Waals surface area contributed by atoms with Crippen LogP contribution in [0.2, 0.25) is 0 Å². The van der Waals surface area contributed by atoms with Crippen molar-refractivity contribution in [2.24, 2.45) is 0 Å². The molecule has 1 atom stereocenters. The van der Waals surface area contributed by atoms with E-state index in [2.05, 4.69) is 6.92 Å². The van der Waals surface area contributed by atoms with Crippen LogP contribution in [0.4, 0.5) is 0 Å². The standard InChI is InChI=1S/C22H26N2O3/c1-2-19-16-23(22(27)14-18-9-6-10-20(25)13-18)12-11-21(26)24(19)15-17-7-4-3-5-8-17/h3-10,13,19,25H,2,11-12,14-16H2,1H3. The number of carbonyl (C=O) groups is 2. The van der Waals surface area contributed by atoms with E-state index in [0.29, 0.717) is 26.1 Å². The highest BCUT2D eigenvalue weighted by Crippen LogP contribution is 2.19. The number of carbonyl (C=O) groups excluding carboxylic acids is 2. The summed E-state index contributed by atoms with van der Waals surface area (Å²) in [5, 5.41) is 9.59. The van der Waals surface area contributed by atoms with Gasteiger partial charge in [-0.2, -0.15) is 0 Å². The fourth-order valence-electron chi connectivity index (χ4n) is 3.55. The molecule has 2 amide bonds. The SMILES string of the molecule is CCC1CN(C(=O)Cc2cccc(O)c2)CCC(=O)N1Cc1ccccc1. The highest BCUT2D eigenvalue weighted by Gasteiger charge is 2.30. The summed E-state index contributed by atoms with van der Waals surface area (Å²) in [6.45, 7) is 3.62. The number of hydrogen-bond donors (Lipinski definition) is 1. The van der Waals surface area contributed by atoms with Gasteiger partial charge in [0.05, 0.1) is 6.42 Å². The number of benzene rings is 2. The van der Waals surface area contributed by atoms with Crippen molar-refractivity contribution in [2.75, 3.05) is 13.1 Å². The van der Waals surface area contributed by atoms with Crippen LogP contribution in [0.3, 0.4) is 0 Å². The molecule has 1 heterocycles. The molecule has 1 unspecified atom stereocenters. The van der Waals surface area contributed by atoms with E-state index in [1.807, 2.05) is 41.3 Å². The fourth-order valence-corrected chi connectivity index (χ4v) is 3.55. The number of hydrogen-bond acceptors (Lipinski definition) is 3. The van der Waals surface area contributed by atoms with Crippen molar-refractivity contribution in [3.63, 3.8) is 0 Å². The van der Waals surface area contributed by atoms with Crippen LogP contribution in [0.25, 0.3) is 0 Å². The van der Waals surface area contributed by atoms with E-state index in [9.17, 15) is 14.7 Å². The second kappa shape index (κ2) is 8.71. The molecule has 0 spiro atoms. The topological polar surface area (TPSA) is 60.9 Å². The first-order valence-electron chi connectivity index (χ1n) is 9.46. The first-order chi connectivity index (χ1) is 13.1. The smallest absolute Gasteiger partial charge is 0.227 e. The summed E-state index contributed by atoms with van der Waals surface area (Å²) in [6, 6.07) is 16.7. The minimum Gasteiger partial charge on any atom is -0.508 e. The number of aromatic hydroxyl groups is 1. The molecule has 2 aromatic rings. The normalized spacial score (nSPS) is 17.7. The summed E-state index contributed by atoms with van der Waals surface area (Å²) in [7, 11) is 0. The van der Waals surface area contributed by atoms with Crippen LogP contribution in [0.5, 0.6) is 5.75 Å². The Kier molecular flexibility index (Phi) is 6.12. The predicted molar refractivity (Wildman–Crippen MR) is 104 cm³/mol. The van der Waals surface area contributed by atoms with Crippen molar-refractivity contribution in [1.29, 1.82) is 0 Å². The van der Waals surface area contributed by atoms with Crippen molar-refractivity contribution in [3.05, 3.63) is 65.7 Å². The van der Waals surface area contributed by atoms with Gasteiger partial charge < -0.3 is 14.9 Å². The summed E-state index contributed by atoms with van der Waals surface area (Å²) in [5.74, 6) is 0.249. The van der Waals surface area contributed by atoms with Crippen molar-refractivity contribution in [2.45, 2.75) is 38.8 Å². The van der Waals surface area contributed by atoms with Crippen LogP contribution in [0.15, 0.2) is 54.6 Å². The van der Waals surface area contributed by atoms with Crippen molar-refractivity contribution >= 4 is 11.8 Å². The minimum atomic E-state index is -0.00610. The molecule has 0 saturated carbocycles. The molecule has 0 aromatic heterocycles. The van der Waals surface area contributed by atoms with E-state index in [-0.39, 0.29) is 30.0 Å². The number of rotatable bonds is 5. The Bertz CT molecular complexity index is 791. The third-order valence-electron chi connectivity index (χ3n) is 5.07. The summed E-state index contributed by atoms with van der Waals surface area (Å²) in [4.78, 5) is 29.2. The fraction of sp³-hybridized carbons (Fsp3) is 0.364. The maximum absolute atomic E-state index is 12.8. The second-order valence-corrected chi connectivity index (χ2v) is 7.01. The van der Waals surface area contributed by atoms with Gasteiger partial charge in [0.25, 0.3) is 0 Å². The average Bonchev–Trinajstić information content (AvgIpc) is 2.82. The molecule has 1 aliphatic heterocycles. The summed E-state index contributed by atoms with van der Waals surface area (Å²) in [6.07, 6.45) is 1.38. The van der Waals surface area contributed by atoms with E-state index < -0.39 is 0 Å². The summed E-state index contributed by atoms with van der Waals surface area (Å²) in [5.41, 5.74) is 1.88. The Morgan fingerprint density at radius 1 is 1.11 bits per heavy atom. The Hall–Kier alpha value is -2.82. The van der Waals surface area contributed by atoms with E-state index in [1.165, 1.54) is 0 Å². The molecule has 0 radical (unpaired) electrons. The lowest BCUT2D eigenvalue weighted by Crippen LogP contribution is -2.44. The van der Waals surface area contributed by atoms with Crippen LogP contribution in [0.1, 0.15) is 30.9 Å². The minimum absolute atomic E-state index is 0.00610. The monoisotopic (exact) mass is 366 g/mol. The lowest BCUT2D eigenvalue weighted by Gasteiger charge is -2.31. The highest BCUT2D eigenvalue weighted by atomic mass is 16.3. The van der Waals surface area contributed by atoms with Crippen LogP contribution in [0, 0.1) is 0 Å². The molecule has 1 aliphatic rings. The molecule has 0 aliphatic carbocycles. The van der Waals surface area contributed by atoms with Crippen LogP contribution < -0.4 is 0 Å². The third kappa shape index (κ3) is 4.88. The zero-order valence-electron chi connectivity index (χ0n) is 15.7. The maximum Gasteiger partial charge on any atom is 0.227 e. The maximum atomic E-state index is 12.8. The van der Waals surface area contributed by atoms with Gasteiger partial charge in [-0.3, -0.25) is 9.59 Å². The number of phenolic OH excluding ortho intramolecular Hbond substituents is 1. The van der Waals surface area contributed by atoms with Crippen LogP contribution >= 0.6 is 0 Å². The van der Waals surface area contributed by atoms with Gasteiger partial charge in [0.2, 0.25) is 11.8 Å².